The summed E-state index contributed by atoms with van der Waals surface area (Å²) in [6, 6.07) is 17.8. The van der Waals surface area contributed by atoms with Gasteiger partial charge in [0.05, 0.1) is 13.2 Å². The van der Waals surface area contributed by atoms with Gasteiger partial charge in [-0.25, -0.2) is 0 Å². The SMILES string of the molecule is COCCNC(=O)C(C#N)=Cc1cn(CCOc2ccccc2C)c2ccccc12. The van der Waals surface area contributed by atoms with Crippen LogP contribution >= 0.6 is 0 Å². The zero-order valence-electron chi connectivity index (χ0n) is 17.2. The van der Waals surface area contributed by atoms with E-state index in [2.05, 4.69) is 9.88 Å². The van der Waals surface area contributed by atoms with Gasteiger partial charge >= 0.3 is 0 Å². The van der Waals surface area contributed by atoms with Gasteiger partial charge in [-0.15, -0.1) is 0 Å². The quantitative estimate of drug-likeness (QED) is 0.336. The molecule has 1 heterocycles. The Labute approximate surface area is 176 Å². The Hall–Kier alpha value is -3.56. The highest BCUT2D eigenvalue weighted by molar-refractivity contribution is 6.04. The van der Waals surface area contributed by atoms with Crippen LogP contribution in [-0.2, 0) is 16.1 Å². The molecule has 0 atom stereocenters. The molecular formula is C24H25N3O3. The molecule has 0 aliphatic carbocycles. The second-order valence-corrected chi connectivity index (χ2v) is 6.83. The molecule has 1 amide bonds. The molecule has 0 saturated heterocycles. The Balaban J connectivity index is 1.80. The molecule has 1 N–H and O–H groups in total. The summed E-state index contributed by atoms with van der Waals surface area (Å²) < 4.78 is 12.9. The molecule has 1 aromatic heterocycles. The lowest BCUT2D eigenvalue weighted by molar-refractivity contribution is -0.117. The van der Waals surface area contributed by atoms with Crippen LogP contribution in [0.3, 0.4) is 0 Å². The standard InChI is InChI=1S/C24H25N3O3/c1-18-7-3-6-10-23(18)30-14-12-27-17-20(21-8-4-5-9-22(21)27)15-19(16-25)24(28)26-11-13-29-2/h3-10,15,17H,11-14H2,1-2H3,(H,26,28). The van der Waals surface area contributed by atoms with Crippen molar-refractivity contribution in [2.45, 2.75) is 13.5 Å². The fraction of sp³-hybridized carbons (Fsp3) is 0.250. The molecule has 0 bridgehead atoms. The average molecular weight is 403 g/mol. The second-order valence-electron chi connectivity index (χ2n) is 6.83. The Morgan fingerprint density at radius 1 is 1.17 bits per heavy atom. The Morgan fingerprint density at radius 2 is 1.93 bits per heavy atom. The molecule has 0 aliphatic rings. The van der Waals surface area contributed by atoms with Gasteiger partial charge in [0.15, 0.2) is 0 Å². The summed E-state index contributed by atoms with van der Waals surface area (Å²) in [5.74, 6) is 0.461. The molecule has 30 heavy (non-hydrogen) atoms. The van der Waals surface area contributed by atoms with Crippen molar-refractivity contribution in [2.24, 2.45) is 0 Å². The number of hydrogen-bond acceptors (Lipinski definition) is 4. The minimum atomic E-state index is -0.408. The molecule has 0 radical (unpaired) electrons. The summed E-state index contributed by atoms with van der Waals surface area (Å²) in [4.78, 5) is 12.3. The molecule has 6 heteroatoms. The van der Waals surface area contributed by atoms with E-state index < -0.39 is 5.91 Å². The number of fused-ring (bicyclic) bond motifs is 1. The molecule has 0 unspecified atom stereocenters. The molecule has 6 nitrogen and oxygen atoms in total. The van der Waals surface area contributed by atoms with Gasteiger partial charge in [0, 0.05) is 36.3 Å². The Kier molecular flexibility index (Phi) is 7.25. The summed E-state index contributed by atoms with van der Waals surface area (Å²) in [5, 5.41) is 13.1. The van der Waals surface area contributed by atoms with Crippen molar-refractivity contribution >= 4 is 22.9 Å². The lowest BCUT2D eigenvalue weighted by Crippen LogP contribution is -2.27. The summed E-state index contributed by atoms with van der Waals surface area (Å²) in [5.41, 5.74) is 3.00. The van der Waals surface area contributed by atoms with Crippen molar-refractivity contribution in [3.63, 3.8) is 0 Å². The molecule has 2 aromatic carbocycles. The highest BCUT2D eigenvalue weighted by atomic mass is 16.5. The van der Waals surface area contributed by atoms with Crippen molar-refractivity contribution < 1.29 is 14.3 Å². The smallest absolute Gasteiger partial charge is 0.262 e. The molecule has 3 rings (SSSR count). The van der Waals surface area contributed by atoms with E-state index in [9.17, 15) is 10.1 Å². The first-order chi connectivity index (χ1) is 14.6. The predicted octanol–water partition coefficient (Wildman–Crippen LogP) is 3.70. The topological polar surface area (TPSA) is 76.3 Å². The van der Waals surface area contributed by atoms with Crippen molar-refractivity contribution in [2.75, 3.05) is 26.9 Å². The lowest BCUT2D eigenvalue weighted by atomic mass is 10.1. The van der Waals surface area contributed by atoms with E-state index in [1.807, 2.05) is 67.7 Å². The highest BCUT2D eigenvalue weighted by Gasteiger charge is 2.12. The number of nitrogens with zero attached hydrogens (tertiary/aromatic N) is 2. The second kappa shape index (κ2) is 10.3. The summed E-state index contributed by atoms with van der Waals surface area (Å²) in [7, 11) is 1.56. The molecular weight excluding hydrogens is 378 g/mol. The number of para-hydroxylation sites is 2. The van der Waals surface area contributed by atoms with Crippen LogP contribution in [0.5, 0.6) is 5.75 Å². The monoisotopic (exact) mass is 403 g/mol. The number of ether oxygens (including phenoxy) is 2. The first kappa shape index (κ1) is 21.2. The molecule has 3 aromatic rings. The van der Waals surface area contributed by atoms with E-state index in [-0.39, 0.29) is 5.57 Å². The van der Waals surface area contributed by atoms with E-state index in [1.54, 1.807) is 13.2 Å². The van der Waals surface area contributed by atoms with Crippen LogP contribution < -0.4 is 10.1 Å². The average Bonchev–Trinajstić information content (AvgIpc) is 3.11. The zero-order chi connectivity index (χ0) is 21.3. The van der Waals surface area contributed by atoms with E-state index in [4.69, 9.17) is 9.47 Å². The fourth-order valence-corrected chi connectivity index (χ4v) is 3.21. The van der Waals surface area contributed by atoms with Gasteiger partial charge in [-0.05, 0) is 30.7 Å². The molecule has 0 saturated carbocycles. The number of nitriles is 1. The van der Waals surface area contributed by atoms with E-state index in [0.29, 0.717) is 26.3 Å². The number of aromatic nitrogens is 1. The lowest BCUT2D eigenvalue weighted by Gasteiger charge is -2.10. The zero-order valence-corrected chi connectivity index (χ0v) is 17.2. The third-order valence-electron chi connectivity index (χ3n) is 4.76. The summed E-state index contributed by atoms with van der Waals surface area (Å²) >= 11 is 0. The van der Waals surface area contributed by atoms with Gasteiger partial charge in [-0.1, -0.05) is 36.4 Å². The number of methoxy groups -OCH3 is 1. The van der Waals surface area contributed by atoms with Gasteiger partial charge in [-0.3, -0.25) is 4.79 Å². The number of benzene rings is 2. The van der Waals surface area contributed by atoms with Gasteiger partial charge < -0.3 is 19.4 Å². The third-order valence-corrected chi connectivity index (χ3v) is 4.76. The van der Waals surface area contributed by atoms with Gasteiger partial charge in [0.25, 0.3) is 5.91 Å². The van der Waals surface area contributed by atoms with Crippen LogP contribution in [0.1, 0.15) is 11.1 Å². The van der Waals surface area contributed by atoms with Crippen molar-refractivity contribution in [3.05, 3.63) is 71.4 Å². The van der Waals surface area contributed by atoms with Crippen LogP contribution in [0.2, 0.25) is 0 Å². The Bertz CT molecular complexity index is 1090. The first-order valence-electron chi connectivity index (χ1n) is 9.79. The molecule has 0 aliphatic heterocycles. The largest absolute Gasteiger partial charge is 0.491 e. The number of hydrogen-bond donors (Lipinski definition) is 1. The number of carbonyl (C=O) groups is 1. The van der Waals surface area contributed by atoms with Crippen LogP contribution in [0, 0.1) is 18.3 Å². The van der Waals surface area contributed by atoms with Crippen LogP contribution in [0.15, 0.2) is 60.3 Å². The maximum absolute atomic E-state index is 12.3. The highest BCUT2D eigenvalue weighted by Crippen LogP contribution is 2.24. The normalized spacial score (nSPS) is 11.3. The van der Waals surface area contributed by atoms with E-state index in [1.165, 1.54) is 0 Å². The maximum Gasteiger partial charge on any atom is 0.262 e. The minimum Gasteiger partial charge on any atom is -0.491 e. The minimum absolute atomic E-state index is 0.0603. The van der Waals surface area contributed by atoms with Crippen LogP contribution in [0.25, 0.3) is 17.0 Å². The van der Waals surface area contributed by atoms with Gasteiger partial charge in [0.1, 0.15) is 24.0 Å². The van der Waals surface area contributed by atoms with Gasteiger partial charge in [-0.2, -0.15) is 5.26 Å². The van der Waals surface area contributed by atoms with Crippen LogP contribution in [-0.4, -0.2) is 37.3 Å². The van der Waals surface area contributed by atoms with E-state index >= 15 is 0 Å². The van der Waals surface area contributed by atoms with Crippen LogP contribution in [0.4, 0.5) is 0 Å². The summed E-state index contributed by atoms with van der Waals surface area (Å²) in [6.07, 6.45) is 3.58. The molecule has 0 spiro atoms. The first-order valence-corrected chi connectivity index (χ1v) is 9.79. The van der Waals surface area contributed by atoms with Crippen molar-refractivity contribution in [3.8, 4) is 11.8 Å². The predicted molar refractivity (Wildman–Crippen MR) is 117 cm³/mol. The van der Waals surface area contributed by atoms with Crippen molar-refractivity contribution in [1.29, 1.82) is 5.26 Å². The number of amides is 1. The summed E-state index contributed by atoms with van der Waals surface area (Å²) in [6.45, 7) is 3.92. The number of aryl methyl sites for hydroxylation is 1. The molecule has 154 valence electrons. The van der Waals surface area contributed by atoms with E-state index in [0.717, 1.165) is 27.8 Å². The Morgan fingerprint density at radius 3 is 2.70 bits per heavy atom. The van der Waals surface area contributed by atoms with Gasteiger partial charge in [0.2, 0.25) is 0 Å². The third kappa shape index (κ3) is 5.07. The number of nitrogens with one attached hydrogen (secondary N) is 1. The molecule has 0 fully saturated rings. The number of rotatable bonds is 9. The fourth-order valence-electron chi connectivity index (χ4n) is 3.21. The van der Waals surface area contributed by atoms with Crippen molar-refractivity contribution in [1.82, 2.24) is 9.88 Å². The number of carbonyl (C=O) groups excluding carboxylic acids is 1. The maximum atomic E-state index is 12.3.